The molecule has 1 aliphatic carbocycles. The van der Waals surface area contributed by atoms with Gasteiger partial charge in [0.1, 0.15) is 11.4 Å². The first-order valence-electron chi connectivity index (χ1n) is 4.71. The molecular weight excluding hydrogens is 212 g/mol. The third kappa shape index (κ3) is 1.48. The Morgan fingerprint density at radius 2 is 1.86 bits per heavy atom. The first kappa shape index (κ1) is 8.56. The highest BCUT2D eigenvalue weighted by Gasteiger charge is 2.26. The molecule has 2 nitrogen and oxygen atoms in total. The van der Waals surface area contributed by atoms with Crippen molar-refractivity contribution in [3.63, 3.8) is 0 Å². The number of nitrogens with zero attached hydrogens (tertiary/aromatic N) is 2. The Hall–Kier alpha value is -0.740. The summed E-state index contributed by atoms with van der Waals surface area (Å²) in [6.45, 7) is 2.03. The van der Waals surface area contributed by atoms with E-state index in [-0.39, 0.29) is 0 Å². The first-order valence-corrected chi connectivity index (χ1v) is 6.47. The van der Waals surface area contributed by atoms with Crippen LogP contribution in [0.5, 0.6) is 0 Å². The Morgan fingerprint density at radius 3 is 2.50 bits per heavy atom. The molecule has 14 heavy (non-hydrogen) atoms. The van der Waals surface area contributed by atoms with E-state index >= 15 is 0 Å². The minimum Gasteiger partial charge on any atom is -0.240 e. The summed E-state index contributed by atoms with van der Waals surface area (Å²) in [6.07, 6.45) is 2.64. The molecule has 4 heteroatoms. The van der Waals surface area contributed by atoms with Crippen LogP contribution in [-0.2, 0) is 0 Å². The highest BCUT2D eigenvalue weighted by Crippen LogP contribution is 2.42. The van der Waals surface area contributed by atoms with Gasteiger partial charge >= 0.3 is 0 Å². The van der Waals surface area contributed by atoms with Gasteiger partial charge < -0.3 is 0 Å². The predicted molar refractivity (Wildman–Crippen MR) is 59.9 cm³/mol. The molecule has 0 atom stereocenters. The van der Waals surface area contributed by atoms with E-state index in [9.17, 15) is 0 Å². The molecule has 0 saturated heterocycles. The molecule has 0 radical (unpaired) electrons. The van der Waals surface area contributed by atoms with Crippen LogP contribution in [0.3, 0.4) is 0 Å². The fourth-order valence-electron chi connectivity index (χ4n) is 1.40. The van der Waals surface area contributed by atoms with Crippen LogP contribution in [-0.4, -0.2) is 9.97 Å². The first-order chi connectivity index (χ1) is 6.83. The fraction of sp³-hybridized carbons (Fsp3) is 0.400. The molecule has 1 aliphatic rings. The predicted octanol–water partition coefficient (Wildman–Crippen LogP) is 3.45. The standard InChI is InChI=1S/C10H10N2S2/c1-6-11-8(4-13-6)9-5-14-10(12-9)7-2-3-7/h4-5,7H,2-3H2,1H3. The number of aromatic nitrogens is 2. The Morgan fingerprint density at radius 1 is 1.14 bits per heavy atom. The lowest BCUT2D eigenvalue weighted by Crippen LogP contribution is -1.80. The van der Waals surface area contributed by atoms with Crippen LogP contribution < -0.4 is 0 Å². The number of hydrogen-bond acceptors (Lipinski definition) is 4. The quantitative estimate of drug-likeness (QED) is 0.777. The van der Waals surface area contributed by atoms with E-state index in [1.807, 2.05) is 6.92 Å². The van der Waals surface area contributed by atoms with Crippen molar-refractivity contribution in [1.29, 1.82) is 0 Å². The molecule has 2 heterocycles. The Kier molecular flexibility index (Phi) is 1.92. The van der Waals surface area contributed by atoms with E-state index in [1.165, 1.54) is 17.8 Å². The van der Waals surface area contributed by atoms with Crippen LogP contribution in [0.15, 0.2) is 10.8 Å². The fourth-order valence-corrected chi connectivity index (χ4v) is 3.00. The molecule has 1 fully saturated rings. The molecule has 0 amide bonds. The maximum Gasteiger partial charge on any atom is 0.101 e. The van der Waals surface area contributed by atoms with Crippen LogP contribution in [0.25, 0.3) is 11.4 Å². The zero-order chi connectivity index (χ0) is 9.54. The second-order valence-electron chi connectivity index (χ2n) is 3.60. The van der Waals surface area contributed by atoms with E-state index in [0.717, 1.165) is 22.3 Å². The van der Waals surface area contributed by atoms with Crippen molar-refractivity contribution in [2.75, 3.05) is 0 Å². The van der Waals surface area contributed by atoms with E-state index < -0.39 is 0 Å². The molecule has 2 aromatic heterocycles. The summed E-state index contributed by atoms with van der Waals surface area (Å²) in [5.74, 6) is 0.758. The normalized spacial score (nSPS) is 16.1. The lowest BCUT2D eigenvalue weighted by atomic mass is 10.4. The average molecular weight is 222 g/mol. The molecule has 72 valence electrons. The van der Waals surface area contributed by atoms with Crippen molar-refractivity contribution in [1.82, 2.24) is 9.97 Å². The molecule has 0 unspecified atom stereocenters. The summed E-state index contributed by atoms with van der Waals surface area (Å²) in [5.41, 5.74) is 2.09. The summed E-state index contributed by atoms with van der Waals surface area (Å²) < 4.78 is 0. The Balaban J connectivity index is 1.95. The van der Waals surface area contributed by atoms with E-state index in [1.54, 1.807) is 22.7 Å². The van der Waals surface area contributed by atoms with Crippen LogP contribution >= 0.6 is 22.7 Å². The maximum atomic E-state index is 4.62. The van der Waals surface area contributed by atoms with Crippen LogP contribution in [0.1, 0.15) is 28.8 Å². The Bertz CT molecular complexity index is 454. The smallest absolute Gasteiger partial charge is 0.101 e. The van der Waals surface area contributed by atoms with Gasteiger partial charge in [-0.2, -0.15) is 0 Å². The third-order valence-corrected chi connectivity index (χ3v) is 4.11. The van der Waals surface area contributed by atoms with Crippen LogP contribution in [0.4, 0.5) is 0 Å². The van der Waals surface area contributed by atoms with Gasteiger partial charge in [0.05, 0.1) is 10.0 Å². The number of rotatable bonds is 2. The highest BCUT2D eigenvalue weighted by molar-refractivity contribution is 7.10. The van der Waals surface area contributed by atoms with Gasteiger partial charge in [0, 0.05) is 16.7 Å². The van der Waals surface area contributed by atoms with Crippen LogP contribution in [0, 0.1) is 6.92 Å². The minimum atomic E-state index is 0.758. The van der Waals surface area contributed by atoms with Gasteiger partial charge in [0.25, 0.3) is 0 Å². The van der Waals surface area contributed by atoms with Crippen molar-refractivity contribution in [2.24, 2.45) is 0 Å². The summed E-state index contributed by atoms with van der Waals surface area (Å²) in [6, 6.07) is 0. The summed E-state index contributed by atoms with van der Waals surface area (Å²) >= 11 is 3.46. The van der Waals surface area contributed by atoms with Crippen molar-refractivity contribution >= 4 is 22.7 Å². The molecular formula is C10H10N2S2. The minimum absolute atomic E-state index is 0.758. The molecule has 0 aliphatic heterocycles. The lowest BCUT2D eigenvalue weighted by molar-refractivity contribution is 1.08. The molecule has 0 N–H and O–H groups in total. The second kappa shape index (κ2) is 3.14. The molecule has 0 spiro atoms. The zero-order valence-corrected chi connectivity index (χ0v) is 9.49. The molecule has 2 aromatic rings. The van der Waals surface area contributed by atoms with Gasteiger partial charge in [-0.05, 0) is 19.8 Å². The largest absolute Gasteiger partial charge is 0.240 e. The molecule has 3 rings (SSSR count). The van der Waals surface area contributed by atoms with Gasteiger partial charge in [0.15, 0.2) is 0 Å². The third-order valence-electron chi connectivity index (χ3n) is 2.33. The monoisotopic (exact) mass is 222 g/mol. The van der Waals surface area contributed by atoms with Gasteiger partial charge in [-0.25, -0.2) is 9.97 Å². The zero-order valence-electron chi connectivity index (χ0n) is 7.86. The number of aryl methyl sites for hydroxylation is 1. The van der Waals surface area contributed by atoms with Crippen molar-refractivity contribution < 1.29 is 0 Å². The Labute approximate surface area is 90.7 Å². The molecule has 1 saturated carbocycles. The maximum absolute atomic E-state index is 4.62. The summed E-state index contributed by atoms with van der Waals surface area (Å²) in [5, 5.41) is 6.62. The van der Waals surface area contributed by atoms with Crippen molar-refractivity contribution in [2.45, 2.75) is 25.7 Å². The summed E-state index contributed by atoms with van der Waals surface area (Å²) in [7, 11) is 0. The van der Waals surface area contributed by atoms with Gasteiger partial charge in [-0.3, -0.25) is 0 Å². The van der Waals surface area contributed by atoms with E-state index in [2.05, 4.69) is 20.7 Å². The van der Waals surface area contributed by atoms with E-state index in [4.69, 9.17) is 0 Å². The van der Waals surface area contributed by atoms with Crippen LogP contribution in [0.2, 0.25) is 0 Å². The molecule has 0 aromatic carbocycles. The van der Waals surface area contributed by atoms with E-state index in [0.29, 0.717) is 0 Å². The average Bonchev–Trinajstić information content (AvgIpc) is 2.76. The molecule has 0 bridgehead atoms. The lowest BCUT2D eigenvalue weighted by Gasteiger charge is -1.87. The highest BCUT2D eigenvalue weighted by atomic mass is 32.1. The number of thiazole rings is 2. The number of hydrogen-bond donors (Lipinski definition) is 0. The summed E-state index contributed by atoms with van der Waals surface area (Å²) in [4.78, 5) is 9.06. The van der Waals surface area contributed by atoms with Crippen molar-refractivity contribution in [3.8, 4) is 11.4 Å². The SMILES string of the molecule is Cc1nc(-c2csc(C3CC3)n2)cs1. The second-order valence-corrected chi connectivity index (χ2v) is 5.55. The van der Waals surface area contributed by atoms with Gasteiger partial charge in [-0.15, -0.1) is 22.7 Å². The van der Waals surface area contributed by atoms with Crippen molar-refractivity contribution in [3.05, 3.63) is 20.8 Å². The van der Waals surface area contributed by atoms with Gasteiger partial charge in [-0.1, -0.05) is 0 Å². The topological polar surface area (TPSA) is 25.8 Å². The van der Waals surface area contributed by atoms with Gasteiger partial charge in [0.2, 0.25) is 0 Å².